The summed E-state index contributed by atoms with van der Waals surface area (Å²) in [7, 11) is 0. The summed E-state index contributed by atoms with van der Waals surface area (Å²) in [6, 6.07) is 0. The standard InChI is InChI=1S/C15H22O5/c1-8-4-5-11-9(2)12(16)17-13-15(11)10(8)6-7-14(3,18-13)19-20-15/h8-11,13H,4-7H2,1-3H3/t8?,9-,10?,11?,13?,14+,15-/m1/s1. The molecule has 1 spiro atoms. The highest BCUT2D eigenvalue weighted by atomic mass is 17.3. The molecule has 5 fully saturated rings. The van der Waals surface area contributed by atoms with Crippen LogP contribution in [0.4, 0.5) is 0 Å². The fourth-order valence-corrected chi connectivity index (χ4v) is 4.76. The summed E-state index contributed by atoms with van der Waals surface area (Å²) in [4.78, 5) is 23.7. The van der Waals surface area contributed by atoms with E-state index in [9.17, 15) is 4.79 Å². The first-order valence-corrected chi connectivity index (χ1v) is 7.71. The average molecular weight is 282 g/mol. The van der Waals surface area contributed by atoms with Crippen LogP contribution < -0.4 is 0 Å². The van der Waals surface area contributed by atoms with Crippen molar-refractivity contribution in [3.05, 3.63) is 0 Å². The molecule has 5 aliphatic rings. The zero-order valence-electron chi connectivity index (χ0n) is 12.3. The number of carbonyl (C=O) groups is 1. The summed E-state index contributed by atoms with van der Waals surface area (Å²) >= 11 is 0. The average Bonchev–Trinajstić information content (AvgIpc) is 2.63. The largest absolute Gasteiger partial charge is 0.432 e. The zero-order valence-corrected chi connectivity index (χ0v) is 12.3. The quantitative estimate of drug-likeness (QED) is 0.504. The van der Waals surface area contributed by atoms with Gasteiger partial charge in [-0.1, -0.05) is 13.8 Å². The fourth-order valence-electron chi connectivity index (χ4n) is 4.76. The minimum absolute atomic E-state index is 0.123. The molecule has 5 rings (SSSR count). The first-order chi connectivity index (χ1) is 9.46. The third kappa shape index (κ3) is 1.46. The van der Waals surface area contributed by atoms with Crippen LogP contribution in [0.1, 0.15) is 46.5 Å². The van der Waals surface area contributed by atoms with E-state index in [1.54, 1.807) is 0 Å². The first kappa shape index (κ1) is 13.0. The van der Waals surface area contributed by atoms with Crippen LogP contribution in [0.2, 0.25) is 0 Å². The van der Waals surface area contributed by atoms with Crippen LogP contribution in [0.25, 0.3) is 0 Å². The predicted octanol–water partition coefficient (Wildman–Crippen LogP) is 2.39. The molecule has 4 saturated heterocycles. The molecular formula is C15H22O5. The Labute approximate surface area is 118 Å². The molecule has 0 radical (unpaired) electrons. The van der Waals surface area contributed by atoms with E-state index in [-0.39, 0.29) is 17.8 Å². The van der Waals surface area contributed by atoms with Crippen LogP contribution >= 0.6 is 0 Å². The molecule has 2 bridgehead atoms. The Kier molecular flexibility index (Phi) is 2.58. The van der Waals surface area contributed by atoms with Crippen molar-refractivity contribution in [3.8, 4) is 0 Å². The maximum Gasteiger partial charge on any atom is 0.311 e. The smallest absolute Gasteiger partial charge is 0.311 e. The number of rotatable bonds is 0. The lowest BCUT2D eigenvalue weighted by Crippen LogP contribution is -2.69. The first-order valence-electron chi connectivity index (χ1n) is 7.71. The summed E-state index contributed by atoms with van der Waals surface area (Å²) in [6.07, 6.45) is 3.24. The summed E-state index contributed by atoms with van der Waals surface area (Å²) < 4.78 is 11.6. The minimum Gasteiger partial charge on any atom is -0.432 e. The third-order valence-electron chi connectivity index (χ3n) is 5.97. The molecule has 7 atom stereocenters. The van der Waals surface area contributed by atoms with E-state index in [2.05, 4.69) is 6.92 Å². The second-order valence-corrected chi connectivity index (χ2v) is 7.14. The molecule has 4 heterocycles. The molecule has 0 amide bonds. The Morgan fingerprint density at radius 2 is 1.90 bits per heavy atom. The Bertz CT molecular complexity index is 452. The number of hydrogen-bond donors (Lipinski definition) is 0. The van der Waals surface area contributed by atoms with Crippen molar-refractivity contribution in [3.63, 3.8) is 0 Å². The summed E-state index contributed by atoms with van der Waals surface area (Å²) in [6.45, 7) is 6.06. The van der Waals surface area contributed by atoms with E-state index in [0.29, 0.717) is 11.8 Å². The van der Waals surface area contributed by atoms with Crippen LogP contribution in [0.3, 0.4) is 0 Å². The lowest BCUT2D eigenvalue weighted by Gasteiger charge is -2.57. The van der Waals surface area contributed by atoms with Gasteiger partial charge < -0.3 is 9.47 Å². The van der Waals surface area contributed by atoms with Crippen molar-refractivity contribution >= 4 is 5.97 Å². The highest BCUT2D eigenvalue weighted by Gasteiger charge is 2.69. The van der Waals surface area contributed by atoms with Gasteiger partial charge in [0.15, 0.2) is 5.60 Å². The van der Waals surface area contributed by atoms with Crippen molar-refractivity contribution in [2.75, 3.05) is 0 Å². The number of hydrogen-bond acceptors (Lipinski definition) is 5. The highest BCUT2D eigenvalue weighted by Crippen LogP contribution is 2.59. The van der Waals surface area contributed by atoms with E-state index in [0.717, 1.165) is 25.7 Å². The predicted molar refractivity (Wildman–Crippen MR) is 68.0 cm³/mol. The van der Waals surface area contributed by atoms with Gasteiger partial charge in [0.05, 0.1) is 5.92 Å². The van der Waals surface area contributed by atoms with Gasteiger partial charge in [0.25, 0.3) is 0 Å². The van der Waals surface area contributed by atoms with Gasteiger partial charge >= 0.3 is 5.97 Å². The summed E-state index contributed by atoms with van der Waals surface area (Å²) in [5.74, 6) is -0.137. The van der Waals surface area contributed by atoms with Gasteiger partial charge in [0, 0.05) is 18.3 Å². The lowest BCUT2D eigenvalue weighted by atomic mass is 9.58. The molecule has 0 aromatic carbocycles. The zero-order chi connectivity index (χ0) is 14.1. The number of fused-ring (bicyclic) bond motifs is 2. The van der Waals surface area contributed by atoms with Crippen molar-refractivity contribution in [1.82, 2.24) is 0 Å². The van der Waals surface area contributed by atoms with Crippen LogP contribution in [0.15, 0.2) is 0 Å². The molecule has 0 N–H and O–H groups in total. The monoisotopic (exact) mass is 282 g/mol. The van der Waals surface area contributed by atoms with Crippen LogP contribution in [-0.2, 0) is 24.0 Å². The van der Waals surface area contributed by atoms with Gasteiger partial charge in [0.2, 0.25) is 12.1 Å². The van der Waals surface area contributed by atoms with Gasteiger partial charge in [-0.15, -0.1) is 0 Å². The fraction of sp³-hybridized carbons (Fsp3) is 0.933. The van der Waals surface area contributed by atoms with E-state index in [1.807, 2.05) is 13.8 Å². The molecule has 0 aromatic heterocycles. The van der Waals surface area contributed by atoms with Gasteiger partial charge in [-0.2, -0.15) is 0 Å². The maximum atomic E-state index is 12.1. The minimum atomic E-state index is -0.793. The molecule has 1 aliphatic carbocycles. The molecule has 5 heteroatoms. The van der Waals surface area contributed by atoms with E-state index in [4.69, 9.17) is 19.2 Å². The molecule has 112 valence electrons. The second kappa shape index (κ2) is 3.96. The van der Waals surface area contributed by atoms with Gasteiger partial charge in [0.1, 0.15) is 0 Å². The molecule has 1 saturated carbocycles. The number of esters is 1. The van der Waals surface area contributed by atoms with Crippen molar-refractivity contribution < 1.29 is 24.0 Å². The number of carbonyl (C=O) groups excluding carboxylic acids is 1. The summed E-state index contributed by atoms with van der Waals surface area (Å²) in [5.41, 5.74) is -0.610. The van der Waals surface area contributed by atoms with Crippen LogP contribution in [0, 0.1) is 23.7 Å². The molecule has 20 heavy (non-hydrogen) atoms. The van der Waals surface area contributed by atoms with Crippen LogP contribution in [-0.4, -0.2) is 23.6 Å². The highest BCUT2D eigenvalue weighted by molar-refractivity contribution is 5.74. The van der Waals surface area contributed by atoms with Crippen molar-refractivity contribution in [2.24, 2.45) is 23.7 Å². The van der Waals surface area contributed by atoms with Gasteiger partial charge in [-0.05, 0) is 32.1 Å². The van der Waals surface area contributed by atoms with Crippen molar-refractivity contribution in [2.45, 2.75) is 64.1 Å². The molecule has 0 aromatic rings. The molecule has 4 aliphatic heterocycles. The Morgan fingerprint density at radius 1 is 1.10 bits per heavy atom. The Hall–Kier alpha value is -0.650. The van der Waals surface area contributed by atoms with E-state index >= 15 is 0 Å². The molecule has 4 unspecified atom stereocenters. The second-order valence-electron chi connectivity index (χ2n) is 7.14. The lowest BCUT2D eigenvalue weighted by molar-refractivity contribution is -0.559. The van der Waals surface area contributed by atoms with Gasteiger partial charge in [-0.3, -0.25) is 4.79 Å². The van der Waals surface area contributed by atoms with E-state index in [1.165, 1.54) is 0 Å². The number of ether oxygens (including phenoxy) is 2. The maximum absolute atomic E-state index is 12.1. The Balaban J connectivity index is 1.84. The summed E-state index contributed by atoms with van der Waals surface area (Å²) in [5, 5.41) is 0. The van der Waals surface area contributed by atoms with E-state index < -0.39 is 17.7 Å². The third-order valence-corrected chi connectivity index (χ3v) is 5.97. The normalized spacial score (nSPS) is 57.8. The SMILES string of the molecule is CC1CCC2[C@@H](C)C(=O)OC3O[C@]4(C)CCC1[C@]32OO4. The van der Waals surface area contributed by atoms with Crippen molar-refractivity contribution in [1.29, 1.82) is 0 Å². The molecule has 5 nitrogen and oxygen atoms in total. The van der Waals surface area contributed by atoms with Gasteiger partial charge in [-0.25, -0.2) is 9.78 Å². The Morgan fingerprint density at radius 3 is 2.70 bits per heavy atom. The molecular weight excluding hydrogens is 260 g/mol. The van der Waals surface area contributed by atoms with Crippen LogP contribution in [0.5, 0.6) is 0 Å². The topological polar surface area (TPSA) is 54.0 Å².